The molecule has 0 atom stereocenters. The minimum absolute atomic E-state index is 0.195. The Kier molecular flexibility index (Phi) is 2.46. The Balaban J connectivity index is 2.20. The van der Waals surface area contributed by atoms with Gasteiger partial charge in [-0.25, -0.2) is 9.37 Å². The predicted molar refractivity (Wildman–Crippen MR) is 64.9 cm³/mol. The van der Waals surface area contributed by atoms with E-state index in [-0.39, 0.29) is 5.82 Å². The quantitative estimate of drug-likeness (QED) is 0.772. The summed E-state index contributed by atoms with van der Waals surface area (Å²) in [7, 11) is 0. The van der Waals surface area contributed by atoms with E-state index in [9.17, 15) is 4.39 Å². The molecule has 16 heavy (non-hydrogen) atoms. The number of fused-ring (bicyclic) bond motifs is 1. The normalized spacial score (nSPS) is 17.4. The van der Waals surface area contributed by atoms with Crippen molar-refractivity contribution in [2.24, 2.45) is 0 Å². The lowest BCUT2D eigenvalue weighted by Gasteiger charge is -2.13. The smallest absolute Gasteiger partial charge is 0.178 e. The van der Waals surface area contributed by atoms with Crippen molar-refractivity contribution in [3.05, 3.63) is 28.7 Å². The van der Waals surface area contributed by atoms with Crippen LogP contribution in [0.4, 0.5) is 4.39 Å². The van der Waals surface area contributed by atoms with Crippen molar-refractivity contribution in [1.82, 2.24) is 9.55 Å². The van der Waals surface area contributed by atoms with Crippen LogP contribution in [0.15, 0.2) is 22.9 Å². The van der Waals surface area contributed by atoms with Crippen LogP contribution in [0.3, 0.4) is 0 Å². The average molecular weight is 283 g/mol. The molecule has 1 fully saturated rings. The van der Waals surface area contributed by atoms with E-state index in [1.807, 2.05) is 0 Å². The van der Waals surface area contributed by atoms with Gasteiger partial charge in [0.2, 0.25) is 0 Å². The van der Waals surface area contributed by atoms with Crippen LogP contribution in [0, 0.1) is 5.82 Å². The van der Waals surface area contributed by atoms with E-state index in [1.165, 1.54) is 31.7 Å². The first-order valence-corrected chi connectivity index (χ1v) is 6.38. The zero-order valence-electron chi connectivity index (χ0n) is 8.79. The van der Waals surface area contributed by atoms with Gasteiger partial charge in [-0.2, -0.15) is 0 Å². The molecule has 0 aliphatic heterocycles. The summed E-state index contributed by atoms with van der Waals surface area (Å²) in [5.41, 5.74) is 1.76. The standard InChI is InChI=1S/C12H12BrFN2/c13-12-15-10-6-5-8(14)7-11(10)16(12)9-3-1-2-4-9/h5-7,9H,1-4H2. The zero-order valence-corrected chi connectivity index (χ0v) is 10.4. The molecule has 0 radical (unpaired) electrons. The Morgan fingerprint density at radius 1 is 1.31 bits per heavy atom. The summed E-state index contributed by atoms with van der Waals surface area (Å²) in [4.78, 5) is 4.41. The fourth-order valence-corrected chi connectivity index (χ4v) is 3.22. The lowest BCUT2D eigenvalue weighted by molar-refractivity contribution is 0.521. The fourth-order valence-electron chi connectivity index (χ4n) is 2.55. The van der Waals surface area contributed by atoms with Crippen LogP contribution in [0.25, 0.3) is 11.0 Å². The molecule has 0 spiro atoms. The molecular weight excluding hydrogens is 271 g/mol. The number of nitrogens with zero attached hydrogens (tertiary/aromatic N) is 2. The first kappa shape index (κ1) is 10.3. The maximum absolute atomic E-state index is 13.3. The van der Waals surface area contributed by atoms with Gasteiger partial charge in [-0.3, -0.25) is 0 Å². The third-order valence-electron chi connectivity index (χ3n) is 3.30. The van der Waals surface area contributed by atoms with Crippen LogP contribution in [-0.2, 0) is 0 Å². The zero-order chi connectivity index (χ0) is 11.1. The Hall–Kier alpha value is -0.900. The number of hydrogen-bond acceptors (Lipinski definition) is 1. The van der Waals surface area contributed by atoms with Gasteiger partial charge in [-0.05, 0) is 47.0 Å². The molecular formula is C12H12BrFN2. The Labute approximate surface area is 102 Å². The molecule has 0 bridgehead atoms. The Morgan fingerprint density at radius 2 is 2.06 bits per heavy atom. The predicted octanol–water partition coefficient (Wildman–Crippen LogP) is 4.05. The van der Waals surface area contributed by atoms with Gasteiger partial charge in [0, 0.05) is 6.04 Å². The number of rotatable bonds is 1. The molecule has 1 saturated carbocycles. The lowest BCUT2D eigenvalue weighted by Crippen LogP contribution is -2.04. The Bertz CT molecular complexity index is 529. The van der Waals surface area contributed by atoms with E-state index in [4.69, 9.17) is 0 Å². The summed E-state index contributed by atoms with van der Waals surface area (Å²) >= 11 is 3.47. The summed E-state index contributed by atoms with van der Waals surface area (Å²) in [6, 6.07) is 5.24. The van der Waals surface area contributed by atoms with E-state index < -0.39 is 0 Å². The van der Waals surface area contributed by atoms with E-state index in [0.29, 0.717) is 6.04 Å². The van der Waals surface area contributed by atoms with E-state index in [0.717, 1.165) is 15.8 Å². The van der Waals surface area contributed by atoms with Gasteiger partial charge in [-0.15, -0.1) is 0 Å². The van der Waals surface area contributed by atoms with Gasteiger partial charge in [0.05, 0.1) is 11.0 Å². The molecule has 4 heteroatoms. The van der Waals surface area contributed by atoms with E-state index in [1.54, 1.807) is 12.1 Å². The van der Waals surface area contributed by atoms with Crippen LogP contribution in [-0.4, -0.2) is 9.55 Å². The molecule has 1 aromatic carbocycles. The third kappa shape index (κ3) is 1.56. The summed E-state index contributed by atoms with van der Waals surface area (Å²) in [6.45, 7) is 0. The molecule has 1 aromatic heterocycles. The molecule has 84 valence electrons. The van der Waals surface area contributed by atoms with Crippen molar-refractivity contribution in [3.63, 3.8) is 0 Å². The summed E-state index contributed by atoms with van der Waals surface area (Å²) in [5.74, 6) is -0.195. The maximum atomic E-state index is 13.3. The van der Waals surface area contributed by atoms with E-state index in [2.05, 4.69) is 25.5 Å². The Morgan fingerprint density at radius 3 is 2.81 bits per heavy atom. The van der Waals surface area contributed by atoms with Gasteiger partial charge >= 0.3 is 0 Å². The molecule has 3 rings (SSSR count). The minimum Gasteiger partial charge on any atom is -0.315 e. The highest BCUT2D eigenvalue weighted by molar-refractivity contribution is 9.10. The second-order valence-electron chi connectivity index (χ2n) is 4.32. The number of hydrogen-bond donors (Lipinski definition) is 0. The molecule has 1 aliphatic rings. The molecule has 0 saturated heterocycles. The lowest BCUT2D eigenvalue weighted by atomic mass is 10.2. The molecule has 1 heterocycles. The molecule has 2 aromatic rings. The number of aromatic nitrogens is 2. The highest BCUT2D eigenvalue weighted by Gasteiger charge is 2.21. The second-order valence-corrected chi connectivity index (χ2v) is 5.03. The molecule has 1 aliphatic carbocycles. The van der Waals surface area contributed by atoms with E-state index >= 15 is 0 Å². The van der Waals surface area contributed by atoms with Crippen molar-refractivity contribution in [2.75, 3.05) is 0 Å². The van der Waals surface area contributed by atoms with Crippen LogP contribution >= 0.6 is 15.9 Å². The summed E-state index contributed by atoms with van der Waals surface area (Å²) in [5, 5.41) is 0. The topological polar surface area (TPSA) is 17.8 Å². The van der Waals surface area contributed by atoms with Crippen LogP contribution in [0.1, 0.15) is 31.7 Å². The van der Waals surface area contributed by atoms with Crippen molar-refractivity contribution in [3.8, 4) is 0 Å². The molecule has 0 amide bonds. The largest absolute Gasteiger partial charge is 0.315 e. The molecule has 0 N–H and O–H groups in total. The molecule has 0 unspecified atom stereocenters. The summed E-state index contributed by atoms with van der Waals surface area (Å²) in [6.07, 6.45) is 4.85. The monoisotopic (exact) mass is 282 g/mol. The minimum atomic E-state index is -0.195. The highest BCUT2D eigenvalue weighted by Crippen LogP contribution is 2.35. The number of halogens is 2. The maximum Gasteiger partial charge on any atom is 0.178 e. The summed E-state index contributed by atoms with van der Waals surface area (Å²) < 4.78 is 16.2. The van der Waals surface area contributed by atoms with Crippen molar-refractivity contribution < 1.29 is 4.39 Å². The SMILES string of the molecule is Fc1ccc2nc(Br)n(C3CCCC3)c2c1. The van der Waals surface area contributed by atoms with Gasteiger partial charge in [0.1, 0.15) is 5.82 Å². The number of benzene rings is 1. The van der Waals surface area contributed by atoms with Crippen molar-refractivity contribution in [2.45, 2.75) is 31.7 Å². The molecule has 2 nitrogen and oxygen atoms in total. The van der Waals surface area contributed by atoms with Crippen LogP contribution in [0.2, 0.25) is 0 Å². The first-order valence-electron chi connectivity index (χ1n) is 5.59. The van der Waals surface area contributed by atoms with Crippen molar-refractivity contribution >= 4 is 27.0 Å². The van der Waals surface area contributed by atoms with Gasteiger partial charge in [0.15, 0.2) is 4.73 Å². The first-order chi connectivity index (χ1) is 7.75. The fraction of sp³-hybridized carbons (Fsp3) is 0.417. The van der Waals surface area contributed by atoms with Crippen molar-refractivity contribution in [1.29, 1.82) is 0 Å². The third-order valence-corrected chi connectivity index (χ3v) is 3.86. The van der Waals surface area contributed by atoms with Crippen LogP contribution < -0.4 is 0 Å². The van der Waals surface area contributed by atoms with Gasteiger partial charge in [-0.1, -0.05) is 12.8 Å². The number of imidazole rings is 1. The van der Waals surface area contributed by atoms with Crippen LogP contribution in [0.5, 0.6) is 0 Å². The average Bonchev–Trinajstić information content (AvgIpc) is 2.83. The van der Waals surface area contributed by atoms with Gasteiger partial charge in [0.25, 0.3) is 0 Å². The second kappa shape index (κ2) is 3.84. The van der Waals surface area contributed by atoms with Gasteiger partial charge < -0.3 is 4.57 Å². The highest BCUT2D eigenvalue weighted by atomic mass is 79.9.